The Labute approximate surface area is 177 Å². The van der Waals surface area contributed by atoms with Crippen LogP contribution in [0.3, 0.4) is 0 Å². The highest BCUT2D eigenvalue weighted by molar-refractivity contribution is 5.69. The van der Waals surface area contributed by atoms with Crippen LogP contribution in [0, 0.1) is 40.4 Å². The fourth-order valence-corrected chi connectivity index (χ4v) is 8.47. The number of carbonyl (C=O) groups is 1. The molecule has 0 heterocycles. The lowest BCUT2D eigenvalue weighted by Gasteiger charge is -2.59. The van der Waals surface area contributed by atoms with Crippen LogP contribution in [-0.2, 0) is 9.53 Å². The molecule has 0 unspecified atom stereocenters. The van der Waals surface area contributed by atoms with Gasteiger partial charge in [-0.3, -0.25) is 4.79 Å². The molecule has 0 radical (unpaired) electrons. The van der Waals surface area contributed by atoms with Crippen LogP contribution in [0.2, 0.25) is 0 Å². The van der Waals surface area contributed by atoms with Gasteiger partial charge in [0.15, 0.2) is 0 Å². The van der Waals surface area contributed by atoms with Crippen LogP contribution in [-0.4, -0.2) is 23.8 Å². The number of allylic oxidation sites excluding steroid dienone is 1. The van der Waals surface area contributed by atoms with Crippen molar-refractivity contribution in [1.29, 1.82) is 0 Å². The van der Waals surface area contributed by atoms with Crippen LogP contribution in [0.25, 0.3) is 0 Å². The van der Waals surface area contributed by atoms with Gasteiger partial charge in [-0.2, -0.15) is 0 Å². The molecule has 3 saturated carbocycles. The van der Waals surface area contributed by atoms with Crippen LogP contribution in [0.5, 0.6) is 0 Å². The number of hydrogen-bond donors (Lipinski definition) is 1. The molecular weight excluding hydrogens is 360 g/mol. The Morgan fingerprint density at radius 3 is 2.79 bits per heavy atom. The maximum absolute atomic E-state index is 11.9. The van der Waals surface area contributed by atoms with Crippen molar-refractivity contribution in [3.63, 3.8) is 0 Å². The first-order chi connectivity index (χ1) is 13.8. The lowest BCUT2D eigenvalue weighted by Crippen LogP contribution is -2.54. The molecule has 8 atom stereocenters. The molecule has 0 spiro atoms. The van der Waals surface area contributed by atoms with Gasteiger partial charge in [0.2, 0.25) is 0 Å². The number of aliphatic hydroxyl groups excluding tert-OH is 1. The monoisotopic (exact) mass is 402 g/mol. The van der Waals surface area contributed by atoms with E-state index in [-0.39, 0.29) is 17.5 Å². The van der Waals surface area contributed by atoms with Crippen molar-refractivity contribution < 1.29 is 14.6 Å². The molecule has 0 aliphatic heterocycles. The summed E-state index contributed by atoms with van der Waals surface area (Å²) in [5, 5.41) is 11.0. The molecule has 3 fully saturated rings. The van der Waals surface area contributed by atoms with E-state index in [9.17, 15) is 9.90 Å². The maximum Gasteiger partial charge on any atom is 0.305 e. The van der Waals surface area contributed by atoms with E-state index >= 15 is 0 Å². The van der Waals surface area contributed by atoms with E-state index in [0.717, 1.165) is 37.0 Å². The zero-order chi connectivity index (χ0) is 20.8. The highest BCUT2D eigenvalue weighted by Gasteiger charge is 2.60. The van der Waals surface area contributed by atoms with E-state index in [0.29, 0.717) is 30.3 Å². The number of rotatable bonds is 5. The quantitative estimate of drug-likeness (QED) is 0.459. The first-order valence-corrected chi connectivity index (χ1v) is 12.4. The molecule has 4 aliphatic carbocycles. The Balaban J connectivity index is 1.50. The molecule has 1 N–H and O–H groups in total. The predicted octanol–water partition coefficient (Wildman–Crippen LogP) is 5.91. The van der Waals surface area contributed by atoms with Gasteiger partial charge in [-0.15, -0.1) is 0 Å². The normalized spacial score (nSPS) is 44.9. The van der Waals surface area contributed by atoms with Crippen LogP contribution >= 0.6 is 0 Å². The van der Waals surface area contributed by atoms with Crippen LogP contribution in [0.15, 0.2) is 11.6 Å². The van der Waals surface area contributed by atoms with E-state index in [1.165, 1.54) is 38.5 Å². The van der Waals surface area contributed by atoms with Crippen molar-refractivity contribution in [2.75, 3.05) is 6.61 Å². The van der Waals surface area contributed by atoms with Gasteiger partial charge in [0.1, 0.15) is 0 Å². The molecule has 0 bridgehead atoms. The summed E-state index contributed by atoms with van der Waals surface area (Å²) in [5.74, 6) is 3.43. The number of esters is 1. The minimum Gasteiger partial charge on any atom is -0.466 e. The Morgan fingerprint density at radius 1 is 1.24 bits per heavy atom. The molecule has 0 saturated heterocycles. The molecule has 164 valence electrons. The Hall–Kier alpha value is -0.830. The number of hydrogen-bond acceptors (Lipinski definition) is 3. The highest BCUT2D eigenvalue weighted by Crippen LogP contribution is 2.67. The second-order valence-corrected chi connectivity index (χ2v) is 11.1. The average molecular weight is 403 g/mol. The van der Waals surface area contributed by atoms with Crippen LogP contribution in [0.4, 0.5) is 0 Å². The fraction of sp³-hybridized carbons (Fsp3) is 0.885. The van der Waals surface area contributed by atoms with Gasteiger partial charge in [0.05, 0.1) is 12.7 Å². The first kappa shape index (κ1) is 21.4. The summed E-state index contributed by atoms with van der Waals surface area (Å²) in [6.45, 7) is 9.69. The summed E-state index contributed by atoms with van der Waals surface area (Å²) < 4.78 is 5.16. The summed E-state index contributed by atoms with van der Waals surface area (Å²) in [4.78, 5) is 11.9. The number of fused-ring (bicyclic) bond motifs is 5. The summed E-state index contributed by atoms with van der Waals surface area (Å²) >= 11 is 0. The summed E-state index contributed by atoms with van der Waals surface area (Å²) in [6, 6.07) is 0. The third kappa shape index (κ3) is 3.40. The van der Waals surface area contributed by atoms with Gasteiger partial charge in [-0.25, -0.2) is 0 Å². The smallest absolute Gasteiger partial charge is 0.305 e. The maximum atomic E-state index is 11.9. The van der Waals surface area contributed by atoms with Gasteiger partial charge in [-0.1, -0.05) is 32.4 Å². The van der Waals surface area contributed by atoms with Crippen molar-refractivity contribution in [2.24, 2.45) is 40.4 Å². The fourth-order valence-electron chi connectivity index (χ4n) is 8.47. The van der Waals surface area contributed by atoms with Crippen molar-refractivity contribution in [1.82, 2.24) is 0 Å². The van der Waals surface area contributed by atoms with Crippen molar-refractivity contribution >= 4 is 5.97 Å². The standard InChI is InChI=1S/C26H42O3/c1-5-29-24(28)14-9-17(2)20-12-13-21-19-11-10-18-7-6-8-23(27)26(18,4)22(19)15-16-25(20,21)3/h10,17,19-23,27H,5-9,11-16H2,1-4H3/t17-,19+,20+,21-,22+,23+,25+,26-/m0/s1. The minimum absolute atomic E-state index is 0.0239. The third-order valence-corrected chi connectivity index (χ3v) is 10.0. The molecule has 3 heteroatoms. The molecule has 0 aromatic heterocycles. The number of aliphatic hydroxyl groups is 1. The van der Waals surface area contributed by atoms with E-state index in [2.05, 4.69) is 26.8 Å². The van der Waals surface area contributed by atoms with Crippen molar-refractivity contribution in [3.8, 4) is 0 Å². The lowest BCUT2D eigenvalue weighted by atomic mass is 9.46. The van der Waals surface area contributed by atoms with Crippen LogP contribution < -0.4 is 0 Å². The molecule has 0 aromatic rings. The summed E-state index contributed by atoms with van der Waals surface area (Å²) in [5.41, 5.74) is 1.99. The van der Waals surface area contributed by atoms with Gasteiger partial charge >= 0.3 is 5.97 Å². The molecule has 0 amide bonds. The summed E-state index contributed by atoms with van der Waals surface area (Å²) in [6.07, 6.45) is 13.7. The van der Waals surface area contributed by atoms with Crippen LogP contribution in [0.1, 0.15) is 91.9 Å². The predicted molar refractivity (Wildman–Crippen MR) is 116 cm³/mol. The molecular formula is C26H42O3. The Bertz CT molecular complexity index is 654. The molecule has 4 rings (SSSR count). The zero-order valence-corrected chi connectivity index (χ0v) is 19.1. The highest BCUT2D eigenvalue weighted by atomic mass is 16.5. The topological polar surface area (TPSA) is 46.5 Å². The Morgan fingerprint density at radius 2 is 2.03 bits per heavy atom. The average Bonchev–Trinajstić information content (AvgIpc) is 3.05. The molecule has 4 aliphatic rings. The van der Waals surface area contributed by atoms with Gasteiger partial charge < -0.3 is 9.84 Å². The second kappa shape index (κ2) is 8.02. The number of carbonyl (C=O) groups excluding carboxylic acids is 1. The van der Waals surface area contributed by atoms with Gasteiger partial charge in [-0.05, 0) is 99.7 Å². The van der Waals surface area contributed by atoms with E-state index in [1.54, 1.807) is 5.57 Å². The summed E-state index contributed by atoms with van der Waals surface area (Å²) in [7, 11) is 0. The third-order valence-electron chi connectivity index (χ3n) is 10.0. The lowest BCUT2D eigenvalue weighted by molar-refractivity contribution is -0.143. The minimum atomic E-state index is -0.152. The van der Waals surface area contributed by atoms with E-state index in [1.807, 2.05) is 6.92 Å². The first-order valence-electron chi connectivity index (χ1n) is 12.4. The molecule has 29 heavy (non-hydrogen) atoms. The van der Waals surface area contributed by atoms with Crippen molar-refractivity contribution in [3.05, 3.63) is 11.6 Å². The Kier molecular flexibility index (Phi) is 5.92. The van der Waals surface area contributed by atoms with E-state index in [4.69, 9.17) is 4.74 Å². The van der Waals surface area contributed by atoms with Gasteiger partial charge in [0, 0.05) is 11.8 Å². The van der Waals surface area contributed by atoms with E-state index < -0.39 is 0 Å². The molecule has 3 nitrogen and oxygen atoms in total. The SMILES string of the molecule is CCOC(=O)CC[C@H](C)[C@H]1CC[C@H]2[C@H]3CC=C4CCC[C@@H](O)[C@]4(C)[C@@H]3CC[C@]12C. The second-order valence-electron chi connectivity index (χ2n) is 11.1. The van der Waals surface area contributed by atoms with Crippen molar-refractivity contribution in [2.45, 2.75) is 98.0 Å². The molecule has 0 aromatic carbocycles. The zero-order valence-electron chi connectivity index (χ0n) is 19.1. The van der Waals surface area contributed by atoms with Gasteiger partial charge in [0.25, 0.3) is 0 Å². The number of ether oxygens (including phenoxy) is 1. The largest absolute Gasteiger partial charge is 0.466 e.